The zero-order chi connectivity index (χ0) is 13.0. The van der Waals surface area contributed by atoms with Gasteiger partial charge in [0.1, 0.15) is 0 Å². The molecule has 1 fully saturated rings. The zero-order valence-corrected chi connectivity index (χ0v) is 14.5. The first-order valence-corrected chi connectivity index (χ1v) is 9.00. The van der Waals surface area contributed by atoms with E-state index in [1.54, 1.807) is 0 Å². The van der Waals surface area contributed by atoms with Crippen LogP contribution in [0.3, 0.4) is 0 Å². The van der Waals surface area contributed by atoms with E-state index in [0.29, 0.717) is 12.3 Å². The van der Waals surface area contributed by atoms with Crippen molar-refractivity contribution in [1.82, 2.24) is 0 Å². The highest BCUT2D eigenvalue weighted by Crippen LogP contribution is 2.27. The van der Waals surface area contributed by atoms with Crippen molar-refractivity contribution in [3.63, 3.8) is 0 Å². The number of hydrogen-bond acceptors (Lipinski definition) is 2. The standard InChI is InChI=1S/C13H15BrINOS/c14-10-1-2-11(15)12(8-10)16-13(17)7-9-3-5-18-6-4-9/h1-2,8-9H,3-7H2,(H,16,17). The molecular formula is C13H15BrINOS. The van der Waals surface area contributed by atoms with Crippen molar-refractivity contribution >= 4 is 61.9 Å². The van der Waals surface area contributed by atoms with E-state index in [-0.39, 0.29) is 5.91 Å². The van der Waals surface area contributed by atoms with Crippen LogP contribution in [0.25, 0.3) is 0 Å². The summed E-state index contributed by atoms with van der Waals surface area (Å²) in [5.74, 6) is 3.11. The summed E-state index contributed by atoms with van der Waals surface area (Å²) in [6.45, 7) is 0. The molecule has 98 valence electrons. The fourth-order valence-electron chi connectivity index (χ4n) is 2.01. The van der Waals surface area contributed by atoms with Crippen LogP contribution in [0.1, 0.15) is 19.3 Å². The van der Waals surface area contributed by atoms with Crippen LogP contribution in [-0.2, 0) is 4.79 Å². The molecule has 0 bridgehead atoms. The molecule has 0 aromatic heterocycles. The maximum absolute atomic E-state index is 12.0. The van der Waals surface area contributed by atoms with Crippen LogP contribution < -0.4 is 5.32 Å². The fourth-order valence-corrected chi connectivity index (χ4v) is 4.04. The van der Waals surface area contributed by atoms with Gasteiger partial charge in [-0.15, -0.1) is 0 Å². The Morgan fingerprint density at radius 2 is 2.17 bits per heavy atom. The molecule has 1 saturated heterocycles. The lowest BCUT2D eigenvalue weighted by Crippen LogP contribution is -2.20. The molecule has 1 aliphatic rings. The Bertz CT molecular complexity index is 435. The van der Waals surface area contributed by atoms with Gasteiger partial charge < -0.3 is 5.32 Å². The summed E-state index contributed by atoms with van der Waals surface area (Å²) >= 11 is 7.66. The zero-order valence-electron chi connectivity index (χ0n) is 9.92. The van der Waals surface area contributed by atoms with Gasteiger partial charge in [-0.05, 0) is 71.1 Å². The molecule has 0 aliphatic carbocycles. The predicted octanol–water partition coefficient (Wildman–Crippen LogP) is 4.53. The van der Waals surface area contributed by atoms with Gasteiger partial charge in [0, 0.05) is 14.5 Å². The second-order valence-corrected chi connectivity index (χ2v) is 7.73. The van der Waals surface area contributed by atoms with Crippen LogP contribution in [0.4, 0.5) is 5.69 Å². The summed E-state index contributed by atoms with van der Waals surface area (Å²) in [7, 11) is 0. The lowest BCUT2D eigenvalue weighted by Gasteiger charge is -2.20. The lowest BCUT2D eigenvalue weighted by molar-refractivity contribution is -0.117. The smallest absolute Gasteiger partial charge is 0.224 e. The molecule has 0 atom stereocenters. The quantitative estimate of drug-likeness (QED) is 0.701. The van der Waals surface area contributed by atoms with Gasteiger partial charge in [-0.2, -0.15) is 11.8 Å². The van der Waals surface area contributed by atoms with Gasteiger partial charge in [0.2, 0.25) is 5.91 Å². The van der Waals surface area contributed by atoms with E-state index in [1.807, 2.05) is 30.0 Å². The first-order chi connectivity index (χ1) is 8.65. The minimum absolute atomic E-state index is 0.142. The number of thioether (sulfide) groups is 1. The van der Waals surface area contributed by atoms with Crippen LogP contribution in [0.15, 0.2) is 22.7 Å². The number of anilines is 1. The van der Waals surface area contributed by atoms with Gasteiger partial charge in [-0.25, -0.2) is 0 Å². The van der Waals surface area contributed by atoms with Crippen molar-refractivity contribution in [3.8, 4) is 0 Å². The molecule has 0 unspecified atom stereocenters. The average Bonchev–Trinajstić information content (AvgIpc) is 2.35. The first kappa shape index (κ1) is 14.7. The van der Waals surface area contributed by atoms with Gasteiger partial charge in [-0.3, -0.25) is 4.79 Å². The molecule has 2 nitrogen and oxygen atoms in total. The summed E-state index contributed by atoms with van der Waals surface area (Å²) in [4.78, 5) is 12.0. The molecule has 5 heteroatoms. The summed E-state index contributed by atoms with van der Waals surface area (Å²) < 4.78 is 2.07. The summed E-state index contributed by atoms with van der Waals surface area (Å²) in [6, 6.07) is 5.93. The van der Waals surface area contributed by atoms with E-state index in [0.717, 1.165) is 13.7 Å². The molecule has 1 N–H and O–H groups in total. The molecule has 0 spiro atoms. The van der Waals surface area contributed by atoms with Crippen LogP contribution in [0, 0.1) is 9.49 Å². The Kier molecular flexibility index (Phi) is 5.82. The number of halogens is 2. The number of carbonyl (C=O) groups is 1. The molecule has 18 heavy (non-hydrogen) atoms. The van der Waals surface area contributed by atoms with E-state index in [4.69, 9.17) is 0 Å². The third-order valence-electron chi connectivity index (χ3n) is 3.02. The van der Waals surface area contributed by atoms with E-state index >= 15 is 0 Å². The van der Waals surface area contributed by atoms with Crippen LogP contribution in [-0.4, -0.2) is 17.4 Å². The maximum atomic E-state index is 12.0. The predicted molar refractivity (Wildman–Crippen MR) is 90.2 cm³/mol. The first-order valence-electron chi connectivity index (χ1n) is 5.98. The van der Waals surface area contributed by atoms with Crippen molar-refractivity contribution < 1.29 is 4.79 Å². The number of nitrogens with one attached hydrogen (secondary N) is 1. The molecule has 1 aromatic carbocycles. The van der Waals surface area contributed by atoms with E-state index in [1.165, 1.54) is 24.3 Å². The Balaban J connectivity index is 1.92. The Labute approximate surface area is 134 Å². The van der Waals surface area contributed by atoms with Crippen molar-refractivity contribution in [1.29, 1.82) is 0 Å². The van der Waals surface area contributed by atoms with Gasteiger partial charge in [0.05, 0.1) is 5.69 Å². The fraction of sp³-hybridized carbons (Fsp3) is 0.462. The van der Waals surface area contributed by atoms with Gasteiger partial charge >= 0.3 is 0 Å². The van der Waals surface area contributed by atoms with E-state index in [9.17, 15) is 4.79 Å². The van der Waals surface area contributed by atoms with Crippen molar-refractivity contribution in [2.75, 3.05) is 16.8 Å². The van der Waals surface area contributed by atoms with Crippen molar-refractivity contribution in [2.45, 2.75) is 19.3 Å². The van der Waals surface area contributed by atoms with Crippen LogP contribution in [0.2, 0.25) is 0 Å². The molecule has 1 aliphatic heterocycles. The SMILES string of the molecule is O=C(CC1CCSCC1)Nc1cc(Br)ccc1I. The number of amides is 1. The molecule has 1 heterocycles. The second kappa shape index (κ2) is 7.14. The topological polar surface area (TPSA) is 29.1 Å². The normalized spacial score (nSPS) is 16.6. The summed E-state index contributed by atoms with van der Waals surface area (Å²) in [6.07, 6.45) is 3.00. The van der Waals surface area contributed by atoms with Crippen molar-refractivity contribution in [3.05, 3.63) is 26.2 Å². The van der Waals surface area contributed by atoms with E-state index in [2.05, 4.69) is 43.8 Å². The molecule has 0 radical (unpaired) electrons. The average molecular weight is 440 g/mol. The molecule has 1 aromatic rings. The minimum Gasteiger partial charge on any atom is -0.325 e. The summed E-state index contributed by atoms with van der Waals surface area (Å²) in [5.41, 5.74) is 0.903. The third-order valence-corrected chi connectivity index (χ3v) is 5.50. The number of benzene rings is 1. The Morgan fingerprint density at radius 3 is 2.89 bits per heavy atom. The third kappa shape index (κ3) is 4.42. The van der Waals surface area contributed by atoms with Crippen molar-refractivity contribution in [2.24, 2.45) is 5.92 Å². The Hall–Kier alpha value is 0.250. The lowest BCUT2D eigenvalue weighted by atomic mass is 9.98. The Morgan fingerprint density at radius 1 is 1.44 bits per heavy atom. The minimum atomic E-state index is 0.142. The number of rotatable bonds is 3. The van der Waals surface area contributed by atoms with Crippen LogP contribution >= 0.6 is 50.3 Å². The molecule has 0 saturated carbocycles. The molecular weight excluding hydrogens is 425 g/mol. The summed E-state index contributed by atoms with van der Waals surface area (Å²) in [5, 5.41) is 3.02. The van der Waals surface area contributed by atoms with Crippen LogP contribution in [0.5, 0.6) is 0 Å². The van der Waals surface area contributed by atoms with Gasteiger partial charge in [-0.1, -0.05) is 15.9 Å². The highest BCUT2D eigenvalue weighted by molar-refractivity contribution is 14.1. The monoisotopic (exact) mass is 439 g/mol. The van der Waals surface area contributed by atoms with Gasteiger partial charge in [0.25, 0.3) is 0 Å². The molecule has 2 rings (SSSR count). The van der Waals surface area contributed by atoms with E-state index < -0.39 is 0 Å². The highest BCUT2D eigenvalue weighted by atomic mass is 127. The number of carbonyl (C=O) groups excluding carboxylic acids is 1. The number of hydrogen-bond donors (Lipinski definition) is 1. The largest absolute Gasteiger partial charge is 0.325 e. The maximum Gasteiger partial charge on any atom is 0.224 e. The highest BCUT2D eigenvalue weighted by Gasteiger charge is 2.17. The van der Waals surface area contributed by atoms with Gasteiger partial charge in [0.15, 0.2) is 0 Å². The second-order valence-electron chi connectivity index (χ2n) is 4.43. The molecule has 1 amide bonds.